The van der Waals surface area contributed by atoms with E-state index in [1.54, 1.807) is 20.0 Å². The second-order valence-electron chi connectivity index (χ2n) is 5.26. The first-order chi connectivity index (χ1) is 10.7. The molecule has 0 atom stereocenters. The van der Waals surface area contributed by atoms with Crippen LogP contribution in [0, 0.1) is 10.1 Å². The minimum atomic E-state index is -4.15. The van der Waals surface area contributed by atoms with Crippen LogP contribution in [0.5, 0.6) is 5.75 Å². The van der Waals surface area contributed by atoms with E-state index in [0.717, 1.165) is 12.1 Å². The van der Waals surface area contributed by atoms with E-state index in [0.29, 0.717) is 5.82 Å². The average Bonchev–Trinajstić information content (AvgIpc) is 3.00. The molecule has 0 amide bonds. The smallest absolute Gasteiger partial charge is 0.293 e. The Morgan fingerprint density at radius 1 is 1.39 bits per heavy atom. The standard InChI is InChI=1S/C13H16N4O5S/c1-13(2,12-14-6-7-15-12)16-23(20,21)11-5-4-9(22-3)8-10(11)17(18)19/h4-8,16H,1-3H3,(H,14,15). The number of nitrogens with one attached hydrogen (secondary N) is 2. The summed E-state index contributed by atoms with van der Waals surface area (Å²) in [5, 5.41) is 11.2. The first kappa shape index (κ1) is 16.9. The maximum Gasteiger partial charge on any atom is 0.293 e. The molecule has 0 bridgehead atoms. The van der Waals surface area contributed by atoms with E-state index in [2.05, 4.69) is 14.7 Å². The van der Waals surface area contributed by atoms with Gasteiger partial charge in [0.2, 0.25) is 10.0 Å². The fourth-order valence-corrected chi connectivity index (χ4v) is 3.57. The summed E-state index contributed by atoms with van der Waals surface area (Å²) < 4.78 is 32.5. The van der Waals surface area contributed by atoms with Gasteiger partial charge in [-0.15, -0.1) is 0 Å². The van der Waals surface area contributed by atoms with Crippen molar-refractivity contribution in [3.8, 4) is 5.75 Å². The predicted molar refractivity (Wildman–Crippen MR) is 81.6 cm³/mol. The summed E-state index contributed by atoms with van der Waals surface area (Å²) in [5.74, 6) is 0.582. The molecule has 1 aromatic heterocycles. The molecule has 0 saturated carbocycles. The van der Waals surface area contributed by atoms with Gasteiger partial charge in [0.1, 0.15) is 11.6 Å². The van der Waals surface area contributed by atoms with Crippen LogP contribution < -0.4 is 9.46 Å². The van der Waals surface area contributed by atoms with Crippen molar-refractivity contribution in [3.05, 3.63) is 46.5 Å². The van der Waals surface area contributed by atoms with Gasteiger partial charge in [-0.3, -0.25) is 10.1 Å². The second kappa shape index (κ2) is 5.97. The SMILES string of the molecule is COc1ccc(S(=O)(=O)NC(C)(C)c2ncc[nH]2)c([N+](=O)[O-])c1. The van der Waals surface area contributed by atoms with Crippen LogP contribution >= 0.6 is 0 Å². The summed E-state index contributed by atoms with van der Waals surface area (Å²) in [6.07, 6.45) is 3.04. The van der Waals surface area contributed by atoms with Crippen LogP contribution in [0.1, 0.15) is 19.7 Å². The first-order valence-corrected chi connectivity index (χ1v) is 8.02. The number of benzene rings is 1. The Labute approximate surface area is 132 Å². The molecule has 0 fully saturated rings. The highest BCUT2D eigenvalue weighted by Gasteiger charge is 2.34. The van der Waals surface area contributed by atoms with Crippen LogP contribution in [0.3, 0.4) is 0 Å². The number of nitro groups is 1. The van der Waals surface area contributed by atoms with E-state index >= 15 is 0 Å². The Balaban J connectivity index is 2.46. The molecule has 0 spiro atoms. The van der Waals surface area contributed by atoms with Gasteiger partial charge in [-0.25, -0.2) is 13.4 Å². The molecule has 23 heavy (non-hydrogen) atoms. The van der Waals surface area contributed by atoms with Gasteiger partial charge < -0.3 is 9.72 Å². The number of imidazole rings is 1. The van der Waals surface area contributed by atoms with Crippen molar-refractivity contribution in [2.75, 3.05) is 7.11 Å². The molecule has 0 saturated heterocycles. The summed E-state index contributed by atoms with van der Waals surface area (Å²) in [6, 6.07) is 3.55. The van der Waals surface area contributed by atoms with Crippen LogP contribution in [-0.4, -0.2) is 30.4 Å². The monoisotopic (exact) mass is 340 g/mol. The molecule has 0 aliphatic rings. The maximum absolute atomic E-state index is 12.6. The minimum absolute atomic E-state index is 0.195. The molecular weight excluding hydrogens is 324 g/mol. The van der Waals surface area contributed by atoms with Crippen LogP contribution in [0.15, 0.2) is 35.5 Å². The van der Waals surface area contributed by atoms with E-state index in [-0.39, 0.29) is 5.75 Å². The summed E-state index contributed by atoms with van der Waals surface area (Å²) in [6.45, 7) is 3.19. The van der Waals surface area contributed by atoms with Crippen molar-refractivity contribution in [3.63, 3.8) is 0 Å². The Morgan fingerprint density at radius 2 is 2.09 bits per heavy atom. The average molecular weight is 340 g/mol. The van der Waals surface area contributed by atoms with Crippen molar-refractivity contribution in [2.24, 2.45) is 0 Å². The van der Waals surface area contributed by atoms with Gasteiger partial charge in [-0.05, 0) is 26.0 Å². The van der Waals surface area contributed by atoms with Gasteiger partial charge >= 0.3 is 0 Å². The van der Waals surface area contributed by atoms with Gasteiger partial charge in [0.15, 0.2) is 4.90 Å². The third-order valence-electron chi connectivity index (χ3n) is 3.13. The molecule has 0 radical (unpaired) electrons. The van der Waals surface area contributed by atoms with Crippen LogP contribution in [-0.2, 0) is 15.6 Å². The number of hydrogen-bond donors (Lipinski definition) is 2. The van der Waals surface area contributed by atoms with Gasteiger partial charge in [-0.2, -0.15) is 4.72 Å². The van der Waals surface area contributed by atoms with Gasteiger partial charge in [0.05, 0.1) is 23.6 Å². The maximum atomic E-state index is 12.6. The highest BCUT2D eigenvalue weighted by atomic mass is 32.2. The minimum Gasteiger partial charge on any atom is -0.497 e. The number of methoxy groups -OCH3 is 1. The number of rotatable bonds is 6. The van der Waals surface area contributed by atoms with Crippen LogP contribution in [0.4, 0.5) is 5.69 Å². The van der Waals surface area contributed by atoms with Crippen LogP contribution in [0.25, 0.3) is 0 Å². The lowest BCUT2D eigenvalue weighted by Gasteiger charge is -2.23. The van der Waals surface area contributed by atoms with Crippen molar-refractivity contribution in [2.45, 2.75) is 24.3 Å². The van der Waals surface area contributed by atoms with E-state index in [1.807, 2.05) is 0 Å². The zero-order valence-electron chi connectivity index (χ0n) is 12.7. The van der Waals surface area contributed by atoms with E-state index < -0.39 is 31.1 Å². The molecule has 1 heterocycles. The lowest BCUT2D eigenvalue weighted by Crippen LogP contribution is -2.41. The number of sulfonamides is 1. The topological polar surface area (TPSA) is 127 Å². The van der Waals surface area contributed by atoms with Crippen molar-refractivity contribution in [1.82, 2.24) is 14.7 Å². The Kier molecular flexibility index (Phi) is 4.39. The molecule has 1 aromatic carbocycles. The highest BCUT2D eigenvalue weighted by Crippen LogP contribution is 2.30. The van der Waals surface area contributed by atoms with Gasteiger partial charge in [-0.1, -0.05) is 0 Å². The summed E-state index contributed by atoms with van der Waals surface area (Å²) in [5.41, 5.74) is -1.64. The van der Waals surface area contributed by atoms with E-state index in [1.165, 1.54) is 19.4 Å². The summed E-state index contributed by atoms with van der Waals surface area (Å²) in [4.78, 5) is 16.8. The lowest BCUT2D eigenvalue weighted by molar-refractivity contribution is -0.387. The lowest BCUT2D eigenvalue weighted by atomic mass is 10.1. The van der Waals surface area contributed by atoms with E-state index in [9.17, 15) is 18.5 Å². The number of H-pyrrole nitrogens is 1. The second-order valence-corrected chi connectivity index (χ2v) is 6.91. The first-order valence-electron chi connectivity index (χ1n) is 6.53. The largest absolute Gasteiger partial charge is 0.497 e. The van der Waals surface area contributed by atoms with Crippen molar-refractivity contribution < 1.29 is 18.1 Å². The number of nitrogens with zero attached hydrogens (tertiary/aromatic N) is 2. The fourth-order valence-electron chi connectivity index (χ4n) is 2.04. The molecule has 0 aliphatic heterocycles. The van der Waals surface area contributed by atoms with Crippen molar-refractivity contribution >= 4 is 15.7 Å². The quantitative estimate of drug-likeness (QED) is 0.606. The van der Waals surface area contributed by atoms with Gasteiger partial charge in [0.25, 0.3) is 5.69 Å². The summed E-state index contributed by atoms with van der Waals surface area (Å²) >= 11 is 0. The zero-order chi connectivity index (χ0) is 17.3. The zero-order valence-corrected chi connectivity index (χ0v) is 13.5. The Bertz CT molecular complexity index is 815. The molecule has 2 aromatic rings. The number of aromatic amines is 1. The number of ether oxygens (including phenoxy) is 1. The summed E-state index contributed by atoms with van der Waals surface area (Å²) in [7, 11) is -2.81. The molecule has 2 N–H and O–H groups in total. The molecule has 124 valence electrons. The number of aromatic nitrogens is 2. The predicted octanol–water partition coefficient (Wildman–Crippen LogP) is 1.54. The normalized spacial score (nSPS) is 12.1. The number of hydrogen-bond acceptors (Lipinski definition) is 6. The van der Waals surface area contributed by atoms with E-state index in [4.69, 9.17) is 4.74 Å². The Morgan fingerprint density at radius 3 is 2.61 bits per heavy atom. The van der Waals surface area contributed by atoms with Gasteiger partial charge in [0, 0.05) is 12.4 Å². The third-order valence-corrected chi connectivity index (χ3v) is 4.84. The van der Waals surface area contributed by atoms with Crippen LogP contribution in [0.2, 0.25) is 0 Å². The molecule has 0 unspecified atom stereocenters. The molecule has 9 nitrogen and oxygen atoms in total. The highest BCUT2D eigenvalue weighted by molar-refractivity contribution is 7.89. The van der Waals surface area contributed by atoms with Crippen molar-refractivity contribution in [1.29, 1.82) is 0 Å². The third kappa shape index (κ3) is 3.48. The Hall–Kier alpha value is -2.46. The molecule has 0 aliphatic carbocycles. The number of nitro benzene ring substituents is 1. The fraction of sp³-hybridized carbons (Fsp3) is 0.308. The molecule has 10 heteroatoms. The molecule has 2 rings (SSSR count). The molecular formula is C13H16N4O5S.